The average molecular weight is 494 g/mol. The van der Waals surface area contributed by atoms with Crippen LogP contribution in [0.5, 0.6) is 0 Å². The van der Waals surface area contributed by atoms with Crippen LogP contribution in [0.4, 0.5) is 31.8 Å². The Balaban J connectivity index is 0.000000204. The van der Waals surface area contributed by atoms with Crippen LogP contribution < -0.4 is 21.4 Å². The number of carbonyl (C=O) groups excluding carboxylic acids is 1. The first-order valence-electron chi connectivity index (χ1n) is 9.77. The van der Waals surface area contributed by atoms with Gasteiger partial charge in [-0.2, -0.15) is 10.2 Å². The highest BCUT2D eigenvalue weighted by atomic mass is 35.5. The Morgan fingerprint density at radius 1 is 1.38 bits per heavy atom. The van der Waals surface area contributed by atoms with Crippen molar-refractivity contribution >= 4 is 59.0 Å². The van der Waals surface area contributed by atoms with E-state index in [1.807, 2.05) is 0 Å². The zero-order valence-corrected chi connectivity index (χ0v) is 19.2. The molecule has 0 radical (unpaired) electrons. The topological polar surface area (TPSA) is 153 Å². The number of fused-ring (bicyclic) bond motifs is 3. The Labute approximate surface area is 197 Å². The molecule has 3 aromatic heterocycles. The second kappa shape index (κ2) is 9.93. The van der Waals surface area contributed by atoms with Gasteiger partial charge in [0.25, 0.3) is 0 Å². The number of hydrogen-bond acceptors (Lipinski definition) is 10. The highest BCUT2D eigenvalue weighted by Crippen LogP contribution is 2.43. The van der Waals surface area contributed by atoms with Gasteiger partial charge < -0.3 is 21.4 Å². The molecule has 1 amide bonds. The summed E-state index contributed by atoms with van der Waals surface area (Å²) in [5.41, 5.74) is 9.26. The number of carbonyl (C=O) groups is 1. The number of anilines is 4. The first-order valence-corrected chi connectivity index (χ1v) is 10.1. The first-order chi connectivity index (χ1) is 16.2. The molecule has 4 heterocycles. The number of nitrogens with one attached hydrogen (secondary N) is 3. The summed E-state index contributed by atoms with van der Waals surface area (Å²) in [4.78, 5) is 20.4. The number of hydrazone groups is 1. The summed E-state index contributed by atoms with van der Waals surface area (Å²) in [5.74, 6) is 0.462. The van der Waals surface area contributed by atoms with Crippen molar-refractivity contribution in [3.63, 3.8) is 0 Å². The Morgan fingerprint density at radius 3 is 2.71 bits per heavy atom. The number of halogens is 3. The van der Waals surface area contributed by atoms with Gasteiger partial charge in [-0.3, -0.25) is 10.2 Å². The third-order valence-electron chi connectivity index (χ3n) is 5.09. The normalized spacial score (nSPS) is 17.0. The molecule has 34 heavy (non-hydrogen) atoms. The molecule has 0 unspecified atom stereocenters. The molecule has 1 aliphatic heterocycles. The van der Waals surface area contributed by atoms with Gasteiger partial charge in [0.1, 0.15) is 11.2 Å². The van der Waals surface area contributed by atoms with Gasteiger partial charge in [-0.15, -0.1) is 8.96 Å². The molecule has 15 heteroatoms. The quantitative estimate of drug-likeness (QED) is 0.177. The van der Waals surface area contributed by atoms with Crippen molar-refractivity contribution in [2.75, 3.05) is 35.0 Å². The van der Waals surface area contributed by atoms with Crippen LogP contribution in [-0.4, -0.2) is 57.4 Å². The van der Waals surface area contributed by atoms with Gasteiger partial charge in [0.2, 0.25) is 6.41 Å². The molecule has 0 fully saturated rings. The summed E-state index contributed by atoms with van der Waals surface area (Å²) in [5, 5.41) is 17.0. The Hall–Kier alpha value is -3.91. The SMILES string of the molecule is CNc1cnc(N/N=C\C=N)c(Cl)c1.Cc1nn2c3c(cnc2c1N)N(C=O)C[C@]3(C)N(F)F. The zero-order chi connectivity index (χ0) is 25.0. The molecular formula is C19H22ClF2N11O. The average Bonchev–Trinajstić information content (AvgIpc) is 3.29. The molecule has 0 aliphatic carbocycles. The van der Waals surface area contributed by atoms with Crippen LogP contribution >= 0.6 is 11.6 Å². The van der Waals surface area contributed by atoms with Crippen LogP contribution in [0.1, 0.15) is 18.3 Å². The van der Waals surface area contributed by atoms with Gasteiger partial charge in [-0.25, -0.2) is 14.5 Å². The number of nitrogen functional groups attached to an aromatic ring is 1. The monoisotopic (exact) mass is 493 g/mol. The number of nitrogens with two attached hydrogens (primary N) is 1. The molecule has 1 atom stereocenters. The zero-order valence-electron chi connectivity index (χ0n) is 18.4. The van der Waals surface area contributed by atoms with Crippen LogP contribution in [0.15, 0.2) is 23.6 Å². The molecule has 0 saturated carbocycles. The van der Waals surface area contributed by atoms with Gasteiger partial charge in [0.15, 0.2) is 11.5 Å². The van der Waals surface area contributed by atoms with Gasteiger partial charge in [0, 0.05) is 18.6 Å². The molecule has 0 aromatic carbocycles. The van der Waals surface area contributed by atoms with E-state index < -0.39 is 10.9 Å². The lowest BCUT2D eigenvalue weighted by Gasteiger charge is -2.24. The van der Waals surface area contributed by atoms with Crippen LogP contribution in [0.3, 0.4) is 0 Å². The third kappa shape index (κ3) is 4.45. The molecule has 5 N–H and O–H groups in total. The van der Waals surface area contributed by atoms with E-state index in [1.54, 1.807) is 26.2 Å². The predicted octanol–water partition coefficient (Wildman–Crippen LogP) is 2.71. The van der Waals surface area contributed by atoms with E-state index in [-0.39, 0.29) is 12.2 Å². The van der Waals surface area contributed by atoms with Crippen LogP contribution in [-0.2, 0) is 10.3 Å². The molecule has 4 rings (SSSR count). The molecule has 0 bridgehead atoms. The Bertz CT molecular complexity index is 1250. The number of aryl methyl sites for hydroxylation is 1. The second-order valence-corrected chi connectivity index (χ2v) is 7.73. The van der Waals surface area contributed by atoms with Crippen molar-refractivity contribution in [1.29, 1.82) is 5.41 Å². The summed E-state index contributed by atoms with van der Waals surface area (Å²) >= 11 is 5.89. The fraction of sp³-hybridized carbons (Fsp3) is 0.263. The summed E-state index contributed by atoms with van der Waals surface area (Å²) in [6.45, 7) is 2.82. The van der Waals surface area contributed by atoms with Crippen LogP contribution in [0, 0.1) is 12.3 Å². The number of aromatic nitrogens is 4. The molecule has 1 aliphatic rings. The largest absolute Gasteiger partial charge is 0.394 e. The molecular weight excluding hydrogens is 472 g/mol. The summed E-state index contributed by atoms with van der Waals surface area (Å²) in [7, 11) is 1.79. The maximum Gasteiger partial charge on any atom is 0.214 e. The fourth-order valence-corrected chi connectivity index (χ4v) is 3.53. The minimum absolute atomic E-state index is 0.182. The fourth-order valence-electron chi connectivity index (χ4n) is 3.33. The van der Waals surface area contributed by atoms with E-state index in [4.69, 9.17) is 22.7 Å². The maximum absolute atomic E-state index is 13.3. The van der Waals surface area contributed by atoms with Crippen molar-refractivity contribution < 1.29 is 13.8 Å². The Morgan fingerprint density at radius 2 is 2.12 bits per heavy atom. The van der Waals surface area contributed by atoms with E-state index in [0.717, 1.165) is 11.9 Å². The number of amides is 1. The number of rotatable bonds is 6. The molecule has 180 valence electrons. The summed E-state index contributed by atoms with van der Waals surface area (Å²) < 4.78 is 28.0. The van der Waals surface area contributed by atoms with Gasteiger partial charge in [-0.05, 0) is 19.9 Å². The highest BCUT2D eigenvalue weighted by Gasteiger charge is 2.48. The number of nitrogens with zero attached hydrogens (tertiary/aromatic N) is 7. The number of hydrogen-bond donors (Lipinski definition) is 4. The van der Waals surface area contributed by atoms with E-state index in [2.05, 4.69) is 30.9 Å². The molecule has 0 saturated heterocycles. The van der Waals surface area contributed by atoms with Crippen LogP contribution in [0.25, 0.3) is 5.65 Å². The highest BCUT2D eigenvalue weighted by molar-refractivity contribution is 6.33. The van der Waals surface area contributed by atoms with Gasteiger partial charge in [-0.1, -0.05) is 11.6 Å². The standard InChI is InChI=1S/C11H12F2N6O.C8H10ClN5/c1-6-8(14)10-15-3-7-9(18(10)16-6)11(2,19(12)13)4-17(7)5-20;1-11-6-4-7(9)8(12-5-6)14-13-3-2-10/h3,5H,4,14H2,1-2H3;2-5,10-11H,1H3,(H,12,14)/b;10-2?,13-3-/t11-;/m0./s1. The lowest BCUT2D eigenvalue weighted by atomic mass is 10.0. The van der Waals surface area contributed by atoms with Crippen molar-refractivity contribution in [2.24, 2.45) is 5.10 Å². The maximum atomic E-state index is 13.3. The first kappa shape index (κ1) is 24.7. The van der Waals surface area contributed by atoms with Crippen molar-refractivity contribution in [3.05, 3.63) is 34.9 Å². The summed E-state index contributed by atoms with van der Waals surface area (Å²) in [6.07, 6.45) is 5.85. The molecule has 12 nitrogen and oxygen atoms in total. The van der Waals surface area contributed by atoms with E-state index in [1.165, 1.54) is 28.8 Å². The molecule has 0 spiro atoms. The third-order valence-corrected chi connectivity index (χ3v) is 5.38. The smallest absolute Gasteiger partial charge is 0.214 e. The lowest BCUT2D eigenvalue weighted by molar-refractivity contribution is -0.226. The Kier molecular flexibility index (Phi) is 7.22. The molecule has 3 aromatic rings. The van der Waals surface area contributed by atoms with Crippen LogP contribution in [0.2, 0.25) is 5.02 Å². The number of pyridine rings is 1. The summed E-state index contributed by atoms with van der Waals surface area (Å²) in [6, 6.07) is 1.73. The van der Waals surface area contributed by atoms with E-state index in [9.17, 15) is 13.8 Å². The lowest BCUT2D eigenvalue weighted by Crippen LogP contribution is -2.39. The van der Waals surface area contributed by atoms with Crippen molar-refractivity contribution in [2.45, 2.75) is 19.4 Å². The van der Waals surface area contributed by atoms with E-state index in [0.29, 0.717) is 40.0 Å². The van der Waals surface area contributed by atoms with Crippen molar-refractivity contribution in [3.8, 4) is 0 Å². The predicted molar refractivity (Wildman–Crippen MR) is 127 cm³/mol. The second-order valence-electron chi connectivity index (χ2n) is 7.33. The van der Waals surface area contributed by atoms with Gasteiger partial charge in [0.05, 0.1) is 52.9 Å². The van der Waals surface area contributed by atoms with Crippen molar-refractivity contribution in [1.82, 2.24) is 24.9 Å². The minimum atomic E-state index is -1.66. The minimum Gasteiger partial charge on any atom is -0.394 e. The van der Waals surface area contributed by atoms with Gasteiger partial charge >= 0.3 is 0 Å². The van der Waals surface area contributed by atoms with E-state index >= 15 is 0 Å².